The van der Waals surface area contributed by atoms with Gasteiger partial charge in [-0.3, -0.25) is 0 Å². The predicted molar refractivity (Wildman–Crippen MR) is 249 cm³/mol. The molecule has 0 spiro atoms. The van der Waals surface area contributed by atoms with Crippen LogP contribution in [0, 0.1) is 17.5 Å². The Kier molecular flexibility index (Phi) is 18.7. The van der Waals surface area contributed by atoms with Crippen molar-refractivity contribution in [3.8, 4) is 0 Å². The second kappa shape index (κ2) is 23.8. The first kappa shape index (κ1) is 46.2. The third kappa shape index (κ3) is 15.3. The van der Waals surface area contributed by atoms with Gasteiger partial charge in [0, 0.05) is 0 Å². The molecular formula is C54H63Al2F3. The van der Waals surface area contributed by atoms with Crippen molar-refractivity contribution in [2.75, 3.05) is 0 Å². The fraction of sp³-hybridized carbons (Fsp3) is 0.333. The smallest absolute Gasteiger partial charge is 0.207 e. The molecule has 0 aliphatic heterocycles. The Bertz CT molecular complexity index is 1800. The number of hydrogen-bond donors (Lipinski definition) is 0. The summed E-state index contributed by atoms with van der Waals surface area (Å²) in [4.78, 5) is 0. The summed E-state index contributed by atoms with van der Waals surface area (Å²) >= 11 is -2.15. The van der Waals surface area contributed by atoms with Crippen LogP contribution in [0.2, 0.25) is 31.7 Å². The van der Waals surface area contributed by atoms with Crippen LogP contribution in [0.1, 0.15) is 110 Å². The van der Waals surface area contributed by atoms with Gasteiger partial charge in [-0.1, -0.05) is 201 Å². The second-order valence-corrected chi connectivity index (χ2v) is 23.7. The van der Waals surface area contributed by atoms with Crippen molar-refractivity contribution in [2.45, 2.75) is 109 Å². The van der Waals surface area contributed by atoms with E-state index in [2.05, 4.69) is 133 Å². The van der Waals surface area contributed by atoms with Gasteiger partial charge < -0.3 is 0 Å². The van der Waals surface area contributed by atoms with E-state index in [1.165, 1.54) is 85.6 Å². The molecule has 0 fully saturated rings. The van der Waals surface area contributed by atoms with Crippen LogP contribution in [-0.4, -0.2) is 28.3 Å². The molecule has 0 saturated carbocycles. The van der Waals surface area contributed by atoms with Gasteiger partial charge >= 0.3 is 0 Å². The first-order valence-electron chi connectivity index (χ1n) is 21.9. The maximum atomic E-state index is 13.3. The van der Waals surface area contributed by atoms with Crippen LogP contribution in [0.3, 0.4) is 0 Å². The zero-order valence-electron chi connectivity index (χ0n) is 36.1. The summed E-state index contributed by atoms with van der Waals surface area (Å²) in [6, 6.07) is 53.8. The zero-order valence-corrected chi connectivity index (χ0v) is 38.4. The maximum Gasteiger partial charge on any atom is 0.263 e. The Hall–Kier alpha value is -3.83. The maximum absolute atomic E-state index is 13.3. The molecule has 0 nitrogen and oxygen atoms in total. The first-order valence-corrected chi connectivity index (χ1v) is 26.8. The lowest BCUT2D eigenvalue weighted by molar-refractivity contribution is 0.626. The molecule has 0 amide bonds. The van der Waals surface area contributed by atoms with Crippen LogP contribution in [0.4, 0.5) is 13.2 Å². The van der Waals surface area contributed by atoms with Crippen molar-refractivity contribution in [1.82, 2.24) is 0 Å². The minimum Gasteiger partial charge on any atom is -0.207 e. The molecule has 6 unspecified atom stereocenters. The standard InChI is InChI=1S/3C9H10F.3C9H11.2Al/c3*1-7(2)8-3-5-9(10)6-4-8;3*1-8(2)9-6-4-3-5-7-9;;/h3*3-7H,1H2,2H3;3*3-8H,1H2,2H3;;. The van der Waals surface area contributed by atoms with Crippen LogP contribution >= 0.6 is 0 Å². The van der Waals surface area contributed by atoms with Gasteiger partial charge in [0.1, 0.15) is 17.5 Å². The largest absolute Gasteiger partial charge is 0.263 e. The summed E-state index contributed by atoms with van der Waals surface area (Å²) in [6.07, 6.45) is 0. The number of hydrogen-bond acceptors (Lipinski definition) is 0. The summed E-state index contributed by atoms with van der Waals surface area (Å²) in [6.45, 7) is 13.9. The molecule has 5 heteroatoms. The molecule has 0 aliphatic carbocycles. The number of halogens is 3. The molecule has 0 bridgehead atoms. The molecule has 6 rings (SSSR count). The third-order valence-corrected chi connectivity index (χ3v) is 20.8. The van der Waals surface area contributed by atoms with Crippen LogP contribution in [0.5, 0.6) is 0 Å². The average molecular weight is 823 g/mol. The Labute approximate surface area is 362 Å². The van der Waals surface area contributed by atoms with Gasteiger partial charge in [0.15, 0.2) is 0 Å². The van der Waals surface area contributed by atoms with E-state index in [-0.39, 0.29) is 17.5 Å². The Morgan fingerprint density at radius 1 is 0.271 bits per heavy atom. The monoisotopic (exact) mass is 822 g/mol. The van der Waals surface area contributed by atoms with Gasteiger partial charge in [-0.25, -0.2) is 13.2 Å². The van der Waals surface area contributed by atoms with Gasteiger partial charge in [-0.05, 0) is 105 Å². The van der Waals surface area contributed by atoms with Crippen molar-refractivity contribution in [2.24, 2.45) is 0 Å². The second-order valence-electron chi connectivity index (χ2n) is 17.4. The van der Waals surface area contributed by atoms with E-state index in [4.69, 9.17) is 0 Å². The summed E-state index contributed by atoms with van der Waals surface area (Å²) in [5, 5.41) is 7.50. The van der Waals surface area contributed by atoms with E-state index in [0.717, 1.165) is 15.8 Å². The highest BCUT2D eigenvalue weighted by Gasteiger charge is 2.28. The van der Waals surface area contributed by atoms with Crippen molar-refractivity contribution in [3.63, 3.8) is 0 Å². The zero-order chi connectivity index (χ0) is 42.1. The fourth-order valence-electron chi connectivity index (χ4n) is 9.11. The highest BCUT2D eigenvalue weighted by atomic mass is 27.2. The fourth-order valence-corrected chi connectivity index (χ4v) is 17.9. The SMILES string of the molecule is CC([CH2][Al]([CH2]C(C)c1ccc(F)cc1)[CH2]C(C)c1ccc(F)cc1)c1ccc(F)cc1.CC([CH2][Al]([CH2]C(C)c1ccccc1)[CH2]C(C)c1ccccc1)c1ccccc1. The van der Waals surface area contributed by atoms with Crippen LogP contribution in [-0.2, 0) is 0 Å². The van der Waals surface area contributed by atoms with Crippen molar-refractivity contribution in [3.05, 3.63) is 215 Å². The van der Waals surface area contributed by atoms with Crippen LogP contribution in [0.25, 0.3) is 0 Å². The van der Waals surface area contributed by atoms with E-state index < -0.39 is 28.3 Å². The first-order chi connectivity index (χ1) is 28.4. The van der Waals surface area contributed by atoms with Gasteiger partial charge in [0.05, 0.1) is 0 Å². The molecule has 0 aromatic heterocycles. The molecule has 6 aromatic carbocycles. The average Bonchev–Trinajstić information content (AvgIpc) is 3.25. The van der Waals surface area contributed by atoms with Gasteiger partial charge in [0.25, 0.3) is 28.3 Å². The molecule has 306 valence electrons. The normalized spacial score (nSPS) is 14.2. The topological polar surface area (TPSA) is 0 Å². The molecule has 6 atom stereocenters. The van der Waals surface area contributed by atoms with Crippen molar-refractivity contribution < 1.29 is 13.2 Å². The highest BCUT2D eigenvalue weighted by molar-refractivity contribution is 6.59. The summed E-state index contributed by atoms with van der Waals surface area (Å²) in [5.74, 6) is 2.42. The van der Waals surface area contributed by atoms with Gasteiger partial charge in [-0.15, -0.1) is 0 Å². The van der Waals surface area contributed by atoms with Crippen LogP contribution in [0.15, 0.2) is 164 Å². The number of rotatable bonds is 18. The van der Waals surface area contributed by atoms with Crippen molar-refractivity contribution in [1.29, 1.82) is 0 Å². The van der Waals surface area contributed by atoms with Crippen molar-refractivity contribution >= 4 is 28.3 Å². The minimum atomic E-state index is -1.23. The quantitative estimate of drug-likeness (QED) is 0.0758. The predicted octanol–water partition coefficient (Wildman–Crippen LogP) is 16.2. The lowest BCUT2D eigenvalue weighted by Crippen LogP contribution is -2.20. The van der Waals surface area contributed by atoms with E-state index in [1.54, 1.807) is 0 Å². The Morgan fingerprint density at radius 3 is 0.627 bits per heavy atom. The number of benzene rings is 6. The molecular weight excluding hydrogens is 760 g/mol. The molecule has 0 heterocycles. The molecule has 0 radical (unpaired) electrons. The van der Waals surface area contributed by atoms with E-state index in [1.807, 2.05) is 36.4 Å². The molecule has 0 N–H and O–H groups in total. The van der Waals surface area contributed by atoms with Gasteiger partial charge in [-0.2, -0.15) is 0 Å². The highest BCUT2D eigenvalue weighted by Crippen LogP contribution is 2.35. The Morgan fingerprint density at radius 2 is 0.441 bits per heavy atom. The van der Waals surface area contributed by atoms with E-state index in [9.17, 15) is 13.2 Å². The van der Waals surface area contributed by atoms with Gasteiger partial charge in [0.2, 0.25) is 0 Å². The Balaban J connectivity index is 0.000000225. The molecule has 6 aromatic rings. The lowest BCUT2D eigenvalue weighted by atomic mass is 10.0. The molecule has 0 aliphatic rings. The molecule has 0 saturated heterocycles. The van der Waals surface area contributed by atoms with E-state index >= 15 is 0 Å². The lowest BCUT2D eigenvalue weighted by Gasteiger charge is -2.24. The summed E-state index contributed by atoms with van der Waals surface area (Å²) in [7, 11) is 0. The summed E-state index contributed by atoms with van der Waals surface area (Å²) < 4.78 is 40.0. The minimum absolute atomic E-state index is 0.209. The molecule has 59 heavy (non-hydrogen) atoms. The summed E-state index contributed by atoms with van der Waals surface area (Å²) in [5.41, 5.74) is 8.01. The third-order valence-electron chi connectivity index (χ3n) is 12.5. The van der Waals surface area contributed by atoms with E-state index in [0.29, 0.717) is 35.5 Å². The van der Waals surface area contributed by atoms with Crippen LogP contribution < -0.4 is 0 Å².